The molecule has 1 aliphatic rings. The summed E-state index contributed by atoms with van der Waals surface area (Å²) in [6.07, 6.45) is 6.79. The zero-order valence-electron chi connectivity index (χ0n) is 12.6. The maximum Gasteiger partial charge on any atom is 0.168 e. The maximum absolute atomic E-state index is 14.1. The van der Waals surface area contributed by atoms with Gasteiger partial charge in [0.2, 0.25) is 0 Å². The van der Waals surface area contributed by atoms with Gasteiger partial charge in [0.15, 0.2) is 11.6 Å². The highest BCUT2D eigenvalue weighted by Crippen LogP contribution is 2.33. The highest BCUT2D eigenvalue weighted by atomic mass is 19.1. The van der Waals surface area contributed by atoms with Gasteiger partial charge in [-0.05, 0) is 42.7 Å². The average Bonchev–Trinajstić information content (AvgIpc) is 2.49. The fourth-order valence-electron chi connectivity index (χ4n) is 3.32. The van der Waals surface area contributed by atoms with Crippen molar-refractivity contribution in [3.8, 4) is 5.75 Å². The van der Waals surface area contributed by atoms with E-state index in [9.17, 15) is 4.39 Å². The molecule has 0 heterocycles. The lowest BCUT2D eigenvalue weighted by Gasteiger charge is -2.31. The Morgan fingerprint density at radius 2 is 2.00 bits per heavy atom. The molecule has 1 aromatic rings. The summed E-state index contributed by atoms with van der Waals surface area (Å²) in [5.41, 5.74) is 7.00. The van der Waals surface area contributed by atoms with Gasteiger partial charge in [-0.15, -0.1) is 0 Å². The van der Waals surface area contributed by atoms with E-state index in [2.05, 4.69) is 6.92 Å². The van der Waals surface area contributed by atoms with Gasteiger partial charge in [-0.3, -0.25) is 0 Å². The van der Waals surface area contributed by atoms with Crippen molar-refractivity contribution in [2.45, 2.75) is 51.5 Å². The second kappa shape index (κ2) is 7.07. The van der Waals surface area contributed by atoms with E-state index < -0.39 is 0 Å². The lowest BCUT2D eigenvalue weighted by atomic mass is 9.76. The number of ether oxygens (including phenoxy) is 1. The van der Waals surface area contributed by atoms with Crippen LogP contribution in [0.4, 0.5) is 4.39 Å². The lowest BCUT2D eigenvalue weighted by Crippen LogP contribution is -2.35. The predicted octanol–water partition coefficient (Wildman–Crippen LogP) is 3.92. The summed E-state index contributed by atoms with van der Waals surface area (Å²) in [4.78, 5) is 0. The molecule has 3 heteroatoms. The summed E-state index contributed by atoms with van der Waals surface area (Å²) in [6, 6.07) is 5.35. The monoisotopic (exact) mass is 279 g/mol. The van der Waals surface area contributed by atoms with E-state index in [-0.39, 0.29) is 11.9 Å². The third-order valence-electron chi connectivity index (χ3n) is 4.79. The van der Waals surface area contributed by atoms with Crippen LogP contribution >= 0.6 is 0 Å². The van der Waals surface area contributed by atoms with Crippen LogP contribution in [0.2, 0.25) is 0 Å². The van der Waals surface area contributed by atoms with Crippen molar-refractivity contribution in [1.82, 2.24) is 0 Å². The number of rotatable bonds is 5. The Bertz CT molecular complexity index is 427. The molecule has 0 radical (unpaired) electrons. The van der Waals surface area contributed by atoms with Crippen molar-refractivity contribution in [3.63, 3.8) is 0 Å². The first-order valence-electron chi connectivity index (χ1n) is 7.72. The van der Waals surface area contributed by atoms with E-state index >= 15 is 0 Å². The number of nitrogens with two attached hydrogens (primary N) is 1. The van der Waals surface area contributed by atoms with Crippen molar-refractivity contribution >= 4 is 0 Å². The number of benzene rings is 1. The first kappa shape index (κ1) is 15.3. The summed E-state index contributed by atoms with van der Waals surface area (Å²) in [6.45, 7) is 2.26. The third-order valence-corrected chi connectivity index (χ3v) is 4.79. The summed E-state index contributed by atoms with van der Waals surface area (Å²) < 4.78 is 19.2. The molecule has 1 atom stereocenters. The van der Waals surface area contributed by atoms with E-state index in [1.165, 1.54) is 39.2 Å². The average molecular weight is 279 g/mol. The Morgan fingerprint density at radius 1 is 1.30 bits per heavy atom. The molecule has 0 saturated heterocycles. The molecular formula is C17H26FNO. The lowest BCUT2D eigenvalue weighted by molar-refractivity contribution is 0.237. The van der Waals surface area contributed by atoms with Crippen molar-refractivity contribution in [3.05, 3.63) is 29.6 Å². The fourth-order valence-corrected chi connectivity index (χ4v) is 3.32. The van der Waals surface area contributed by atoms with Gasteiger partial charge in [0.25, 0.3) is 0 Å². The van der Waals surface area contributed by atoms with Crippen LogP contribution in [0, 0.1) is 17.7 Å². The van der Waals surface area contributed by atoms with Crippen LogP contribution in [-0.4, -0.2) is 13.2 Å². The first-order valence-corrected chi connectivity index (χ1v) is 7.72. The zero-order valence-corrected chi connectivity index (χ0v) is 12.6. The topological polar surface area (TPSA) is 35.2 Å². The summed E-state index contributed by atoms with van der Waals surface area (Å²) in [5.74, 6) is 1.45. The molecule has 1 aliphatic carbocycles. The molecule has 0 aliphatic heterocycles. The number of hydrogen-bond acceptors (Lipinski definition) is 2. The highest BCUT2D eigenvalue weighted by molar-refractivity contribution is 5.31. The zero-order chi connectivity index (χ0) is 14.5. The summed E-state index contributed by atoms with van der Waals surface area (Å²) in [5, 5.41) is 0. The van der Waals surface area contributed by atoms with Crippen LogP contribution in [0.5, 0.6) is 5.75 Å². The standard InChI is InChI=1S/C17H26FNO/c1-3-12-7-9-13(10-8-12)15(19)11-14-5-4-6-16(20-2)17(14)18/h4-6,12-13,15H,3,7-11,19H2,1-2H3. The van der Waals surface area contributed by atoms with Gasteiger partial charge in [-0.25, -0.2) is 4.39 Å². The number of hydrogen-bond donors (Lipinski definition) is 1. The van der Waals surface area contributed by atoms with Gasteiger partial charge >= 0.3 is 0 Å². The van der Waals surface area contributed by atoms with Crippen molar-refractivity contribution < 1.29 is 9.13 Å². The normalized spacial score (nSPS) is 24.4. The van der Waals surface area contributed by atoms with Crippen molar-refractivity contribution in [1.29, 1.82) is 0 Å². The van der Waals surface area contributed by atoms with Gasteiger partial charge in [-0.2, -0.15) is 0 Å². The molecule has 0 bridgehead atoms. The number of halogens is 1. The van der Waals surface area contributed by atoms with Gasteiger partial charge < -0.3 is 10.5 Å². The molecule has 2 nitrogen and oxygen atoms in total. The van der Waals surface area contributed by atoms with Crippen molar-refractivity contribution in [2.24, 2.45) is 17.6 Å². The molecule has 0 aromatic heterocycles. The molecule has 2 rings (SSSR count). The van der Waals surface area contributed by atoms with Crippen molar-refractivity contribution in [2.75, 3.05) is 7.11 Å². The Morgan fingerprint density at radius 3 is 2.60 bits per heavy atom. The van der Waals surface area contributed by atoms with Crippen LogP contribution in [0.1, 0.15) is 44.6 Å². The molecule has 0 spiro atoms. The second-order valence-corrected chi connectivity index (χ2v) is 5.99. The molecular weight excluding hydrogens is 253 g/mol. The smallest absolute Gasteiger partial charge is 0.168 e. The highest BCUT2D eigenvalue weighted by Gasteiger charge is 2.25. The molecule has 1 unspecified atom stereocenters. The molecule has 20 heavy (non-hydrogen) atoms. The van der Waals surface area contributed by atoms with Gasteiger partial charge in [0, 0.05) is 6.04 Å². The van der Waals surface area contributed by atoms with E-state index in [4.69, 9.17) is 10.5 Å². The van der Waals surface area contributed by atoms with Gasteiger partial charge in [-0.1, -0.05) is 38.3 Å². The Labute approximate surface area is 121 Å². The number of methoxy groups -OCH3 is 1. The van der Waals surface area contributed by atoms with Crippen LogP contribution in [0.15, 0.2) is 18.2 Å². The molecule has 2 N–H and O–H groups in total. The molecule has 1 aromatic carbocycles. The molecule has 0 amide bonds. The second-order valence-electron chi connectivity index (χ2n) is 5.99. The summed E-state index contributed by atoms with van der Waals surface area (Å²) in [7, 11) is 1.49. The Kier molecular flexibility index (Phi) is 5.41. The summed E-state index contributed by atoms with van der Waals surface area (Å²) >= 11 is 0. The third kappa shape index (κ3) is 3.51. The van der Waals surface area contributed by atoms with Gasteiger partial charge in [0.05, 0.1) is 7.11 Å². The molecule has 1 saturated carbocycles. The van der Waals surface area contributed by atoms with Crippen LogP contribution in [-0.2, 0) is 6.42 Å². The largest absolute Gasteiger partial charge is 0.494 e. The maximum atomic E-state index is 14.1. The Balaban J connectivity index is 1.96. The molecule has 112 valence electrons. The van der Waals surface area contributed by atoms with Crippen LogP contribution < -0.4 is 10.5 Å². The minimum atomic E-state index is -0.257. The minimum absolute atomic E-state index is 0.0504. The Hall–Kier alpha value is -1.09. The van der Waals surface area contributed by atoms with Crippen LogP contribution in [0.3, 0.4) is 0 Å². The van der Waals surface area contributed by atoms with E-state index in [1.807, 2.05) is 12.1 Å². The van der Waals surface area contributed by atoms with E-state index in [0.717, 1.165) is 5.92 Å². The predicted molar refractivity (Wildman–Crippen MR) is 80.4 cm³/mol. The van der Waals surface area contributed by atoms with E-state index in [1.54, 1.807) is 6.07 Å². The SMILES string of the molecule is CCC1CCC(C(N)Cc2cccc(OC)c2F)CC1. The molecule has 1 fully saturated rings. The van der Waals surface area contributed by atoms with E-state index in [0.29, 0.717) is 23.7 Å². The quantitative estimate of drug-likeness (QED) is 0.886. The van der Waals surface area contributed by atoms with Crippen LogP contribution in [0.25, 0.3) is 0 Å². The first-order chi connectivity index (χ1) is 9.65. The fraction of sp³-hybridized carbons (Fsp3) is 0.647. The minimum Gasteiger partial charge on any atom is -0.494 e. The van der Waals surface area contributed by atoms with Gasteiger partial charge in [0.1, 0.15) is 0 Å².